The van der Waals surface area contributed by atoms with Crippen LogP contribution in [-0.2, 0) is 0 Å². The fraction of sp³-hybridized carbons (Fsp3) is 0.417. The quantitative estimate of drug-likeness (QED) is 0.801. The summed E-state index contributed by atoms with van der Waals surface area (Å²) < 4.78 is 26.3. The Morgan fingerprint density at radius 1 is 1.26 bits per heavy atom. The van der Waals surface area contributed by atoms with Crippen molar-refractivity contribution in [2.45, 2.75) is 18.9 Å². The summed E-state index contributed by atoms with van der Waals surface area (Å²) in [5, 5.41) is 6.01. The molecule has 0 aliphatic carbocycles. The zero-order valence-corrected chi connectivity index (χ0v) is 12.4. The molecule has 1 aromatic rings. The molecule has 1 amide bonds. The predicted molar refractivity (Wildman–Crippen MR) is 74.7 cm³/mol. The highest BCUT2D eigenvalue weighted by Crippen LogP contribution is 2.21. The number of hydrogen-bond acceptors (Lipinski definition) is 2. The molecule has 1 fully saturated rings. The third kappa shape index (κ3) is 4.12. The Labute approximate surface area is 124 Å². The molecule has 106 valence electrons. The number of carbonyl (C=O) groups excluding carboxylic acids is 1. The molecule has 1 aromatic carbocycles. The lowest BCUT2D eigenvalue weighted by atomic mass is 10.1. The molecule has 2 rings (SSSR count). The second-order valence-electron chi connectivity index (χ2n) is 4.24. The number of benzene rings is 1. The Hall–Kier alpha value is -0.720. The molecular formula is C12H14BrClF2N2O. The Morgan fingerprint density at radius 2 is 1.84 bits per heavy atom. The third-order valence-corrected chi connectivity index (χ3v) is 3.59. The highest BCUT2D eigenvalue weighted by Gasteiger charge is 2.19. The van der Waals surface area contributed by atoms with E-state index in [9.17, 15) is 13.6 Å². The zero-order chi connectivity index (χ0) is 13.1. The maximum atomic E-state index is 13.1. The first-order chi connectivity index (χ1) is 8.58. The van der Waals surface area contributed by atoms with Gasteiger partial charge in [0.25, 0.3) is 5.91 Å². The average molecular weight is 356 g/mol. The van der Waals surface area contributed by atoms with Gasteiger partial charge < -0.3 is 10.6 Å². The molecule has 3 nitrogen and oxygen atoms in total. The smallest absolute Gasteiger partial charge is 0.252 e. The Morgan fingerprint density at radius 3 is 2.47 bits per heavy atom. The summed E-state index contributed by atoms with van der Waals surface area (Å²) in [5.41, 5.74) is 0.118. The van der Waals surface area contributed by atoms with E-state index in [4.69, 9.17) is 0 Å². The molecule has 7 heteroatoms. The summed E-state index contributed by atoms with van der Waals surface area (Å²) in [6.45, 7) is 1.70. The van der Waals surface area contributed by atoms with Crippen molar-refractivity contribution in [3.05, 3.63) is 33.8 Å². The maximum Gasteiger partial charge on any atom is 0.252 e. The topological polar surface area (TPSA) is 41.1 Å². The first kappa shape index (κ1) is 16.3. The van der Waals surface area contributed by atoms with Gasteiger partial charge in [-0.15, -0.1) is 12.4 Å². The molecule has 0 aromatic heterocycles. The standard InChI is InChI=1S/C12H13BrF2N2O.ClH/c13-9-6-11(15)10(14)5-8(9)12(18)17-7-1-3-16-4-2-7;/h5-7,16H,1-4H2,(H,17,18);1H. The number of rotatable bonds is 2. The highest BCUT2D eigenvalue weighted by molar-refractivity contribution is 9.10. The van der Waals surface area contributed by atoms with Crippen molar-refractivity contribution in [1.29, 1.82) is 0 Å². The number of carbonyl (C=O) groups is 1. The zero-order valence-electron chi connectivity index (χ0n) is 10.0. The van der Waals surface area contributed by atoms with Gasteiger partial charge in [0.05, 0.1) is 5.56 Å². The van der Waals surface area contributed by atoms with Gasteiger partial charge >= 0.3 is 0 Å². The average Bonchev–Trinajstić information content (AvgIpc) is 2.35. The van der Waals surface area contributed by atoms with Gasteiger partial charge in [0.1, 0.15) is 0 Å². The van der Waals surface area contributed by atoms with Gasteiger partial charge in [-0.2, -0.15) is 0 Å². The van der Waals surface area contributed by atoms with E-state index in [1.54, 1.807) is 0 Å². The van der Waals surface area contributed by atoms with E-state index in [1.807, 2.05) is 0 Å². The number of nitrogens with one attached hydrogen (secondary N) is 2. The van der Waals surface area contributed by atoms with Crippen molar-refractivity contribution in [2.24, 2.45) is 0 Å². The normalized spacial score (nSPS) is 15.7. The molecule has 0 atom stereocenters. The van der Waals surface area contributed by atoms with Gasteiger partial charge in [0, 0.05) is 10.5 Å². The van der Waals surface area contributed by atoms with E-state index in [2.05, 4.69) is 26.6 Å². The van der Waals surface area contributed by atoms with E-state index in [1.165, 1.54) is 0 Å². The minimum atomic E-state index is -1.02. The molecular weight excluding hydrogens is 341 g/mol. The summed E-state index contributed by atoms with van der Waals surface area (Å²) in [5.74, 6) is -2.37. The largest absolute Gasteiger partial charge is 0.349 e. The van der Waals surface area contributed by atoms with Crippen molar-refractivity contribution in [3.63, 3.8) is 0 Å². The fourth-order valence-corrected chi connectivity index (χ4v) is 2.42. The number of halogens is 4. The molecule has 0 bridgehead atoms. The van der Waals surface area contributed by atoms with Crippen molar-refractivity contribution in [1.82, 2.24) is 10.6 Å². The second kappa shape index (κ2) is 7.17. The first-order valence-corrected chi connectivity index (χ1v) is 6.53. The summed E-state index contributed by atoms with van der Waals surface area (Å²) >= 11 is 3.07. The molecule has 0 saturated carbocycles. The van der Waals surface area contributed by atoms with Crippen molar-refractivity contribution in [3.8, 4) is 0 Å². The summed E-state index contributed by atoms with van der Waals surface area (Å²) in [6.07, 6.45) is 1.68. The number of piperidine rings is 1. The van der Waals surface area contributed by atoms with Crippen LogP contribution < -0.4 is 10.6 Å². The molecule has 1 aliphatic heterocycles. The van der Waals surface area contributed by atoms with Gasteiger partial charge in [0.15, 0.2) is 11.6 Å². The van der Waals surface area contributed by atoms with E-state index in [0.29, 0.717) is 0 Å². The van der Waals surface area contributed by atoms with Crippen molar-refractivity contribution < 1.29 is 13.6 Å². The van der Waals surface area contributed by atoms with Crippen molar-refractivity contribution >= 4 is 34.2 Å². The van der Waals surface area contributed by atoms with Gasteiger partial charge in [-0.25, -0.2) is 8.78 Å². The Kier molecular flexibility index (Phi) is 6.16. The molecule has 2 N–H and O–H groups in total. The monoisotopic (exact) mass is 354 g/mol. The maximum absolute atomic E-state index is 13.1. The van der Waals surface area contributed by atoms with Crippen LogP contribution in [-0.4, -0.2) is 25.0 Å². The van der Waals surface area contributed by atoms with E-state index in [0.717, 1.165) is 38.1 Å². The highest BCUT2D eigenvalue weighted by atomic mass is 79.9. The molecule has 1 saturated heterocycles. The second-order valence-corrected chi connectivity index (χ2v) is 5.10. The van der Waals surface area contributed by atoms with Crippen LogP contribution in [0.15, 0.2) is 16.6 Å². The van der Waals surface area contributed by atoms with E-state index >= 15 is 0 Å². The van der Waals surface area contributed by atoms with Gasteiger partial charge in [-0.3, -0.25) is 4.79 Å². The number of hydrogen-bond donors (Lipinski definition) is 2. The van der Waals surface area contributed by atoms with Crippen LogP contribution in [0.3, 0.4) is 0 Å². The third-order valence-electron chi connectivity index (χ3n) is 2.93. The minimum absolute atomic E-state index is 0. The molecule has 0 spiro atoms. The summed E-state index contributed by atoms with van der Waals surface area (Å²) in [6, 6.07) is 1.96. The fourth-order valence-electron chi connectivity index (χ4n) is 1.93. The van der Waals surface area contributed by atoms with Gasteiger partial charge in [-0.1, -0.05) is 0 Å². The van der Waals surface area contributed by atoms with Crippen LogP contribution in [0.2, 0.25) is 0 Å². The van der Waals surface area contributed by atoms with Gasteiger partial charge in [0.2, 0.25) is 0 Å². The predicted octanol–water partition coefficient (Wildman–Crippen LogP) is 2.63. The van der Waals surface area contributed by atoms with Crippen LogP contribution in [0.25, 0.3) is 0 Å². The molecule has 1 aliphatic rings. The van der Waals surface area contributed by atoms with Crippen molar-refractivity contribution in [2.75, 3.05) is 13.1 Å². The van der Waals surface area contributed by atoms with E-state index < -0.39 is 11.6 Å². The Balaban J connectivity index is 0.00000180. The number of amides is 1. The first-order valence-electron chi connectivity index (χ1n) is 5.74. The molecule has 1 heterocycles. The minimum Gasteiger partial charge on any atom is -0.349 e. The van der Waals surface area contributed by atoms with Crippen LogP contribution in [0.4, 0.5) is 8.78 Å². The van der Waals surface area contributed by atoms with Crippen LogP contribution in [0.1, 0.15) is 23.2 Å². The molecule has 19 heavy (non-hydrogen) atoms. The summed E-state index contributed by atoms with van der Waals surface area (Å²) in [4.78, 5) is 11.9. The molecule has 0 unspecified atom stereocenters. The lowest BCUT2D eigenvalue weighted by Crippen LogP contribution is -2.42. The van der Waals surface area contributed by atoms with Crippen LogP contribution in [0.5, 0.6) is 0 Å². The van der Waals surface area contributed by atoms with Gasteiger partial charge in [-0.05, 0) is 54.0 Å². The van der Waals surface area contributed by atoms with E-state index in [-0.39, 0.29) is 34.4 Å². The summed E-state index contributed by atoms with van der Waals surface area (Å²) in [7, 11) is 0. The van der Waals surface area contributed by atoms with Crippen LogP contribution in [0, 0.1) is 11.6 Å². The lowest BCUT2D eigenvalue weighted by molar-refractivity contribution is 0.0928. The SMILES string of the molecule is Cl.O=C(NC1CCNCC1)c1cc(F)c(F)cc1Br. The molecule has 0 radical (unpaired) electrons. The Bertz CT molecular complexity index is 467. The lowest BCUT2D eigenvalue weighted by Gasteiger charge is -2.23. The van der Waals surface area contributed by atoms with Crippen LogP contribution >= 0.6 is 28.3 Å².